The van der Waals surface area contributed by atoms with Crippen molar-refractivity contribution in [1.29, 1.82) is 0 Å². The van der Waals surface area contributed by atoms with Gasteiger partial charge < -0.3 is 19.1 Å². The summed E-state index contributed by atoms with van der Waals surface area (Å²) < 4.78 is 70.7. The van der Waals surface area contributed by atoms with E-state index in [0.29, 0.717) is 0 Å². The van der Waals surface area contributed by atoms with Crippen molar-refractivity contribution in [3.63, 3.8) is 0 Å². The fourth-order valence-corrected chi connectivity index (χ4v) is 3.07. The minimum Gasteiger partial charge on any atom is -0.493 e. The van der Waals surface area contributed by atoms with Gasteiger partial charge in [0.1, 0.15) is 0 Å². The van der Waals surface area contributed by atoms with Crippen LogP contribution in [0.5, 0.6) is 17.2 Å². The zero-order valence-corrected chi connectivity index (χ0v) is 14.7. The second-order valence-electron chi connectivity index (χ2n) is 5.70. The van der Waals surface area contributed by atoms with Crippen molar-refractivity contribution in [3.8, 4) is 17.2 Å². The lowest BCUT2D eigenvalue weighted by atomic mass is 10.1. The van der Waals surface area contributed by atoms with Crippen LogP contribution in [0.15, 0.2) is 12.1 Å². The Balaban J connectivity index is 2.11. The van der Waals surface area contributed by atoms with E-state index in [-0.39, 0.29) is 41.3 Å². The topological polar surface area (TPSA) is 48.0 Å². The Morgan fingerprint density at radius 1 is 0.889 bits per heavy atom. The van der Waals surface area contributed by atoms with E-state index in [4.69, 9.17) is 14.2 Å². The van der Waals surface area contributed by atoms with Gasteiger partial charge in [0.05, 0.1) is 27.0 Å². The van der Waals surface area contributed by atoms with Gasteiger partial charge in [0.2, 0.25) is 5.75 Å². The van der Waals surface area contributed by atoms with Gasteiger partial charge in [0.25, 0.3) is 5.91 Å². The van der Waals surface area contributed by atoms with Crippen molar-refractivity contribution in [1.82, 2.24) is 0 Å². The van der Waals surface area contributed by atoms with Crippen molar-refractivity contribution in [2.75, 3.05) is 32.8 Å². The number of benzene rings is 2. The van der Waals surface area contributed by atoms with Gasteiger partial charge in [-0.2, -0.15) is 0 Å². The summed E-state index contributed by atoms with van der Waals surface area (Å²) >= 11 is 0. The van der Waals surface area contributed by atoms with Crippen LogP contribution in [0.1, 0.15) is 15.9 Å². The number of amides is 1. The molecule has 3 rings (SSSR count). The van der Waals surface area contributed by atoms with Crippen molar-refractivity contribution >= 4 is 11.6 Å². The molecule has 0 aromatic heterocycles. The van der Waals surface area contributed by atoms with E-state index in [1.54, 1.807) is 0 Å². The molecule has 2 aromatic carbocycles. The monoisotopic (exact) mass is 385 g/mol. The molecule has 9 heteroatoms. The first-order valence-corrected chi connectivity index (χ1v) is 7.82. The summed E-state index contributed by atoms with van der Waals surface area (Å²) in [5.74, 6) is -7.12. The van der Waals surface area contributed by atoms with Crippen LogP contribution in [0, 0.1) is 23.3 Å². The van der Waals surface area contributed by atoms with Gasteiger partial charge in [-0.05, 0) is 18.6 Å². The predicted octanol–water partition coefficient (Wildman–Crippen LogP) is 3.47. The van der Waals surface area contributed by atoms with E-state index in [0.717, 1.165) is 4.90 Å². The number of methoxy groups -OCH3 is 3. The number of rotatable bonds is 4. The number of fused-ring (bicyclic) bond motifs is 1. The molecule has 0 unspecified atom stereocenters. The molecule has 0 radical (unpaired) electrons. The molecule has 5 nitrogen and oxygen atoms in total. The van der Waals surface area contributed by atoms with Gasteiger partial charge in [-0.3, -0.25) is 4.79 Å². The summed E-state index contributed by atoms with van der Waals surface area (Å²) in [6, 6.07) is 2.66. The second kappa shape index (κ2) is 6.98. The minimum absolute atomic E-state index is 0.0156. The first kappa shape index (κ1) is 18.8. The molecule has 1 aliphatic rings. The quantitative estimate of drug-likeness (QED) is 0.459. The third-order valence-corrected chi connectivity index (χ3v) is 4.35. The number of anilines is 1. The maximum atomic E-state index is 14.2. The highest BCUT2D eigenvalue weighted by atomic mass is 19.2. The second-order valence-corrected chi connectivity index (χ2v) is 5.70. The van der Waals surface area contributed by atoms with E-state index in [9.17, 15) is 22.4 Å². The Labute approximate surface area is 152 Å². The third kappa shape index (κ3) is 2.83. The van der Waals surface area contributed by atoms with Crippen LogP contribution in [0.4, 0.5) is 23.2 Å². The average Bonchev–Trinajstić information content (AvgIpc) is 3.13. The van der Waals surface area contributed by atoms with Gasteiger partial charge in [0, 0.05) is 17.7 Å². The molecule has 144 valence electrons. The van der Waals surface area contributed by atoms with Gasteiger partial charge >= 0.3 is 0 Å². The largest absolute Gasteiger partial charge is 0.493 e. The molecule has 0 bridgehead atoms. The molecular formula is C18H15F4NO4. The third-order valence-electron chi connectivity index (χ3n) is 4.35. The molecule has 1 heterocycles. The molecule has 1 aliphatic heterocycles. The number of hydrogen-bond acceptors (Lipinski definition) is 4. The Morgan fingerprint density at radius 3 is 1.96 bits per heavy atom. The molecule has 1 amide bonds. The summed E-state index contributed by atoms with van der Waals surface area (Å²) in [7, 11) is 4.09. The first-order valence-electron chi connectivity index (χ1n) is 7.82. The standard InChI is InChI=1S/C18H15F4NO4/c1-25-10-6-8(7-11(26-2)17(10)27-3)18(24)23-5-4-9-12(19)13(20)14(21)15(22)16(9)23/h6-7H,4-5H2,1-3H3. The summed E-state index contributed by atoms with van der Waals surface area (Å²) in [4.78, 5) is 13.7. The zero-order valence-electron chi connectivity index (χ0n) is 14.7. The maximum Gasteiger partial charge on any atom is 0.258 e. The summed E-state index contributed by atoms with van der Waals surface area (Å²) in [5, 5.41) is 0. The summed E-state index contributed by atoms with van der Waals surface area (Å²) in [6.07, 6.45) is -0.147. The highest BCUT2D eigenvalue weighted by molar-refractivity contribution is 6.08. The molecule has 27 heavy (non-hydrogen) atoms. The SMILES string of the molecule is COc1cc(C(=O)N2CCc3c(F)c(F)c(F)c(F)c32)cc(OC)c1OC. The Kier molecular flexibility index (Phi) is 4.86. The van der Waals surface area contributed by atoms with Crippen LogP contribution in [-0.4, -0.2) is 33.8 Å². The highest BCUT2D eigenvalue weighted by Crippen LogP contribution is 2.41. The fourth-order valence-electron chi connectivity index (χ4n) is 3.07. The van der Waals surface area contributed by atoms with Crippen LogP contribution in [0.25, 0.3) is 0 Å². The highest BCUT2D eigenvalue weighted by Gasteiger charge is 2.36. The normalized spacial score (nSPS) is 12.8. The number of hydrogen-bond donors (Lipinski definition) is 0. The van der Waals surface area contributed by atoms with Crippen molar-refractivity contribution in [3.05, 3.63) is 46.5 Å². The molecule has 0 atom stereocenters. The van der Waals surface area contributed by atoms with Crippen LogP contribution in [0.3, 0.4) is 0 Å². The Morgan fingerprint density at radius 2 is 1.44 bits per heavy atom. The number of halogens is 4. The number of carbonyl (C=O) groups is 1. The molecule has 0 spiro atoms. The number of nitrogens with zero attached hydrogens (tertiary/aromatic N) is 1. The molecule has 0 aliphatic carbocycles. The van der Waals surface area contributed by atoms with Crippen molar-refractivity contribution < 1.29 is 36.6 Å². The van der Waals surface area contributed by atoms with E-state index >= 15 is 0 Å². The molecule has 0 fully saturated rings. The van der Waals surface area contributed by atoms with Crippen LogP contribution in [-0.2, 0) is 6.42 Å². The van der Waals surface area contributed by atoms with Gasteiger partial charge in [-0.25, -0.2) is 17.6 Å². The number of carbonyl (C=O) groups excluding carboxylic acids is 1. The Bertz CT molecular complexity index is 907. The lowest BCUT2D eigenvalue weighted by Crippen LogP contribution is -2.30. The fraction of sp³-hybridized carbons (Fsp3) is 0.278. The lowest BCUT2D eigenvalue weighted by molar-refractivity contribution is 0.0987. The average molecular weight is 385 g/mol. The Hall–Kier alpha value is -2.97. The first-order chi connectivity index (χ1) is 12.8. The van der Waals surface area contributed by atoms with Crippen LogP contribution < -0.4 is 19.1 Å². The van der Waals surface area contributed by atoms with E-state index in [1.165, 1.54) is 33.5 Å². The summed E-state index contributed by atoms with van der Waals surface area (Å²) in [5.41, 5.74) is -0.973. The molecule has 2 aromatic rings. The predicted molar refractivity (Wildman–Crippen MR) is 87.8 cm³/mol. The van der Waals surface area contributed by atoms with E-state index in [2.05, 4.69) is 0 Å². The number of ether oxygens (including phenoxy) is 3. The minimum atomic E-state index is -1.96. The van der Waals surface area contributed by atoms with E-state index in [1.807, 2.05) is 0 Å². The van der Waals surface area contributed by atoms with Gasteiger partial charge in [0.15, 0.2) is 34.8 Å². The summed E-state index contributed by atoms with van der Waals surface area (Å²) in [6.45, 7) is -0.137. The maximum absolute atomic E-state index is 14.2. The lowest BCUT2D eigenvalue weighted by Gasteiger charge is -2.20. The van der Waals surface area contributed by atoms with Crippen molar-refractivity contribution in [2.24, 2.45) is 0 Å². The van der Waals surface area contributed by atoms with Gasteiger partial charge in [-0.1, -0.05) is 0 Å². The van der Waals surface area contributed by atoms with Gasteiger partial charge in [-0.15, -0.1) is 0 Å². The smallest absolute Gasteiger partial charge is 0.258 e. The van der Waals surface area contributed by atoms with Crippen LogP contribution >= 0.6 is 0 Å². The molecule has 0 saturated heterocycles. The zero-order chi connectivity index (χ0) is 19.9. The van der Waals surface area contributed by atoms with Crippen molar-refractivity contribution in [2.45, 2.75) is 6.42 Å². The van der Waals surface area contributed by atoms with Crippen LogP contribution in [0.2, 0.25) is 0 Å². The molecule has 0 N–H and O–H groups in total. The molecule has 0 saturated carbocycles. The van der Waals surface area contributed by atoms with E-state index < -0.39 is 34.9 Å². The molecular weight excluding hydrogens is 370 g/mol.